The van der Waals surface area contributed by atoms with Crippen LogP contribution in [0.15, 0.2) is 4.99 Å². The van der Waals surface area contributed by atoms with Gasteiger partial charge in [0.15, 0.2) is 5.17 Å². The van der Waals surface area contributed by atoms with Crippen molar-refractivity contribution in [2.45, 2.75) is 58.0 Å². The fourth-order valence-electron chi connectivity index (χ4n) is 2.29. The van der Waals surface area contributed by atoms with E-state index in [9.17, 15) is 0 Å². The summed E-state index contributed by atoms with van der Waals surface area (Å²) in [6.07, 6.45) is 5.18. The molecule has 1 aliphatic carbocycles. The molecule has 2 nitrogen and oxygen atoms in total. The molecule has 2 aliphatic rings. The quantitative estimate of drug-likeness (QED) is 0.782. The summed E-state index contributed by atoms with van der Waals surface area (Å²) in [5.74, 6) is 1.96. The number of aliphatic imine (C=N–C) groups is 1. The molecule has 0 bridgehead atoms. The monoisotopic (exact) mass is 226 g/mol. The molecule has 3 atom stereocenters. The highest BCUT2D eigenvalue weighted by molar-refractivity contribution is 8.14. The van der Waals surface area contributed by atoms with E-state index in [1.54, 1.807) is 0 Å². The predicted octanol–water partition coefficient (Wildman–Crippen LogP) is 3.04. The van der Waals surface area contributed by atoms with Gasteiger partial charge in [-0.05, 0) is 32.1 Å². The summed E-state index contributed by atoms with van der Waals surface area (Å²) >= 11 is 1.90. The van der Waals surface area contributed by atoms with E-state index in [2.05, 4.69) is 26.1 Å². The summed E-state index contributed by atoms with van der Waals surface area (Å²) < 4.78 is 0. The largest absolute Gasteiger partial charge is 0.359 e. The third kappa shape index (κ3) is 2.49. The fourth-order valence-corrected chi connectivity index (χ4v) is 3.55. The molecule has 1 N–H and O–H groups in total. The molecule has 1 heterocycles. The Labute approximate surface area is 97.3 Å². The summed E-state index contributed by atoms with van der Waals surface area (Å²) in [4.78, 5) is 4.87. The Bertz CT molecular complexity index is 264. The van der Waals surface area contributed by atoms with Crippen LogP contribution in [0.25, 0.3) is 0 Å². The molecule has 0 radical (unpaired) electrons. The average Bonchev–Trinajstić information content (AvgIpc) is 2.77. The Morgan fingerprint density at radius 3 is 2.87 bits per heavy atom. The molecule has 3 heteroatoms. The van der Waals surface area contributed by atoms with Gasteiger partial charge in [0.2, 0.25) is 0 Å². The molecule has 0 aromatic heterocycles. The Morgan fingerprint density at radius 2 is 2.33 bits per heavy atom. The first-order valence-corrected chi connectivity index (χ1v) is 7.10. The minimum Gasteiger partial charge on any atom is -0.359 e. The Hall–Kier alpha value is -0.180. The molecule has 2 rings (SSSR count). The van der Waals surface area contributed by atoms with Crippen LogP contribution in [-0.2, 0) is 0 Å². The molecule has 0 amide bonds. The number of hydrogen-bond donors (Lipinski definition) is 1. The lowest BCUT2D eigenvalue weighted by Gasteiger charge is -2.21. The molecular weight excluding hydrogens is 204 g/mol. The first-order chi connectivity index (χ1) is 7.13. The maximum absolute atomic E-state index is 4.87. The molecule has 1 aliphatic heterocycles. The van der Waals surface area contributed by atoms with Gasteiger partial charge >= 0.3 is 0 Å². The van der Waals surface area contributed by atoms with Crippen molar-refractivity contribution in [2.75, 3.05) is 5.75 Å². The molecule has 1 saturated heterocycles. The number of amidine groups is 1. The minimum absolute atomic E-state index is 0.283. The zero-order valence-electron chi connectivity index (χ0n) is 10.0. The summed E-state index contributed by atoms with van der Waals surface area (Å²) in [5.41, 5.74) is 0.283. The van der Waals surface area contributed by atoms with Crippen LogP contribution in [0.2, 0.25) is 0 Å². The molecule has 3 unspecified atom stereocenters. The van der Waals surface area contributed by atoms with E-state index >= 15 is 0 Å². The number of rotatable bonds is 2. The first-order valence-electron chi connectivity index (χ1n) is 6.12. The third-order valence-electron chi connectivity index (χ3n) is 3.82. The Balaban J connectivity index is 1.98. The van der Waals surface area contributed by atoms with Crippen molar-refractivity contribution in [3.05, 3.63) is 0 Å². The lowest BCUT2D eigenvalue weighted by atomic mass is 10.0. The molecule has 2 fully saturated rings. The van der Waals surface area contributed by atoms with Gasteiger partial charge in [-0.3, -0.25) is 4.99 Å². The van der Waals surface area contributed by atoms with E-state index in [0.717, 1.165) is 5.92 Å². The second-order valence-corrected chi connectivity index (χ2v) is 6.20. The van der Waals surface area contributed by atoms with Gasteiger partial charge in [0, 0.05) is 11.3 Å². The van der Waals surface area contributed by atoms with Gasteiger partial charge in [0.05, 0.1) is 6.04 Å². The second kappa shape index (κ2) is 4.36. The van der Waals surface area contributed by atoms with Crippen molar-refractivity contribution in [1.82, 2.24) is 5.32 Å². The van der Waals surface area contributed by atoms with Crippen LogP contribution >= 0.6 is 11.8 Å². The van der Waals surface area contributed by atoms with Crippen molar-refractivity contribution in [2.24, 2.45) is 10.9 Å². The lowest BCUT2D eigenvalue weighted by molar-refractivity contribution is 0.462. The summed E-state index contributed by atoms with van der Waals surface area (Å²) in [7, 11) is 0. The smallest absolute Gasteiger partial charge is 0.157 e. The number of nitrogens with one attached hydrogen (secondary N) is 1. The summed E-state index contributed by atoms with van der Waals surface area (Å²) in [6, 6.07) is 0.583. The van der Waals surface area contributed by atoms with Gasteiger partial charge in [-0.1, -0.05) is 32.0 Å². The van der Waals surface area contributed by atoms with Gasteiger partial charge < -0.3 is 5.32 Å². The van der Waals surface area contributed by atoms with Crippen molar-refractivity contribution in [3.8, 4) is 0 Å². The van der Waals surface area contributed by atoms with Crippen LogP contribution in [-0.4, -0.2) is 22.5 Å². The van der Waals surface area contributed by atoms with Crippen molar-refractivity contribution >= 4 is 16.9 Å². The second-order valence-electron chi connectivity index (χ2n) is 5.24. The molecule has 1 saturated carbocycles. The molecule has 15 heavy (non-hydrogen) atoms. The fraction of sp³-hybridized carbons (Fsp3) is 0.917. The van der Waals surface area contributed by atoms with Crippen molar-refractivity contribution in [3.63, 3.8) is 0 Å². The summed E-state index contributed by atoms with van der Waals surface area (Å²) in [6.45, 7) is 6.87. The zero-order chi connectivity index (χ0) is 10.9. The van der Waals surface area contributed by atoms with Gasteiger partial charge in [-0.15, -0.1) is 0 Å². The Morgan fingerprint density at radius 1 is 1.53 bits per heavy atom. The number of nitrogens with zero attached hydrogens (tertiary/aromatic N) is 1. The zero-order valence-corrected chi connectivity index (χ0v) is 10.9. The van der Waals surface area contributed by atoms with Crippen LogP contribution in [0.3, 0.4) is 0 Å². The molecule has 0 aromatic rings. The van der Waals surface area contributed by atoms with Crippen LogP contribution < -0.4 is 5.32 Å². The minimum atomic E-state index is 0.283. The van der Waals surface area contributed by atoms with Gasteiger partial charge in [0.1, 0.15) is 0 Å². The normalized spacial score (nSPS) is 43.5. The van der Waals surface area contributed by atoms with Crippen LogP contribution in [0.5, 0.6) is 0 Å². The topological polar surface area (TPSA) is 24.4 Å². The summed E-state index contributed by atoms with van der Waals surface area (Å²) in [5, 5.41) is 4.77. The van der Waals surface area contributed by atoms with Gasteiger partial charge in [-0.25, -0.2) is 0 Å². The highest BCUT2D eigenvalue weighted by Gasteiger charge is 2.32. The number of thioether (sulfide) groups is 1. The van der Waals surface area contributed by atoms with Crippen LogP contribution in [0.4, 0.5) is 0 Å². The van der Waals surface area contributed by atoms with E-state index in [0.29, 0.717) is 6.04 Å². The Kier molecular flexibility index (Phi) is 3.29. The predicted molar refractivity (Wildman–Crippen MR) is 68.5 cm³/mol. The number of hydrogen-bond acceptors (Lipinski definition) is 2. The highest BCUT2D eigenvalue weighted by atomic mass is 32.2. The SMILES string of the molecule is CCC1(C)CSC(=NC2CCCC2C)N1. The van der Waals surface area contributed by atoms with Crippen molar-refractivity contribution < 1.29 is 0 Å². The molecule has 86 valence electrons. The van der Waals surface area contributed by atoms with E-state index in [1.807, 2.05) is 11.8 Å². The highest BCUT2D eigenvalue weighted by Crippen LogP contribution is 2.31. The molecule has 0 spiro atoms. The van der Waals surface area contributed by atoms with Crippen molar-refractivity contribution in [1.29, 1.82) is 0 Å². The average molecular weight is 226 g/mol. The van der Waals surface area contributed by atoms with E-state index < -0.39 is 0 Å². The van der Waals surface area contributed by atoms with E-state index in [1.165, 1.54) is 36.6 Å². The van der Waals surface area contributed by atoms with E-state index in [4.69, 9.17) is 4.99 Å². The van der Waals surface area contributed by atoms with Crippen LogP contribution in [0, 0.1) is 5.92 Å². The third-order valence-corrected chi connectivity index (χ3v) is 5.08. The maximum Gasteiger partial charge on any atom is 0.157 e. The molecular formula is C12H22N2S. The van der Waals surface area contributed by atoms with Gasteiger partial charge in [-0.2, -0.15) is 0 Å². The van der Waals surface area contributed by atoms with Crippen LogP contribution in [0.1, 0.15) is 46.5 Å². The van der Waals surface area contributed by atoms with E-state index in [-0.39, 0.29) is 5.54 Å². The first kappa shape index (κ1) is 11.3. The lowest BCUT2D eigenvalue weighted by Crippen LogP contribution is -2.40. The maximum atomic E-state index is 4.87. The van der Waals surface area contributed by atoms with Gasteiger partial charge in [0.25, 0.3) is 0 Å². The standard InChI is InChI=1S/C12H22N2S/c1-4-12(3)8-15-11(14-12)13-10-7-5-6-9(10)2/h9-10H,4-8H2,1-3H3,(H,13,14). The molecule has 0 aromatic carbocycles.